The Morgan fingerprint density at radius 3 is 2.44 bits per heavy atom. The van der Waals surface area contributed by atoms with Crippen molar-refractivity contribution >= 4 is 16.4 Å². The Hall–Kier alpha value is -1.40. The van der Waals surface area contributed by atoms with Crippen LogP contribution in [0.5, 0.6) is 5.75 Å². The fourth-order valence-electron chi connectivity index (χ4n) is 1.24. The zero-order valence-electron chi connectivity index (χ0n) is 8.91. The summed E-state index contributed by atoms with van der Waals surface area (Å²) in [5, 5.41) is 0. The molecule has 88 valence electrons. The lowest BCUT2D eigenvalue weighted by atomic mass is 10.1. The highest BCUT2D eigenvalue weighted by Gasteiger charge is 2.20. The molecule has 6 heteroatoms. The van der Waals surface area contributed by atoms with Crippen LogP contribution in [0.15, 0.2) is 24.3 Å². The number of hydrogen-bond donors (Lipinski definition) is 0. The first kappa shape index (κ1) is 12.7. The summed E-state index contributed by atoms with van der Waals surface area (Å²) in [4.78, 5) is 10.8. The number of para-hydroxylation sites is 1. The molecule has 0 heterocycles. The topological polar surface area (TPSA) is 69.7 Å². The zero-order valence-corrected chi connectivity index (χ0v) is 9.73. The Labute approximate surface area is 94.1 Å². The summed E-state index contributed by atoms with van der Waals surface area (Å²) in [5.74, 6) is 0.406. The summed E-state index contributed by atoms with van der Waals surface area (Å²) in [5.41, 5.74) is 0.380. The van der Waals surface area contributed by atoms with Gasteiger partial charge < -0.3 is 9.53 Å². The van der Waals surface area contributed by atoms with Gasteiger partial charge in [-0.05, 0) is 6.07 Å². The smallest absolute Gasteiger partial charge is 0.265 e. The Bertz CT molecular complexity index is 466. The number of ether oxygens (including phenoxy) is 1. The highest BCUT2D eigenvalue weighted by molar-refractivity contribution is 7.86. The van der Waals surface area contributed by atoms with Crippen LogP contribution in [0.25, 0.3) is 0 Å². The van der Waals surface area contributed by atoms with Gasteiger partial charge in [-0.1, -0.05) is 18.2 Å². The van der Waals surface area contributed by atoms with Crippen molar-refractivity contribution in [1.82, 2.24) is 0 Å². The summed E-state index contributed by atoms with van der Waals surface area (Å²) in [6.07, 6.45) is 0.129. The van der Waals surface area contributed by atoms with Crippen molar-refractivity contribution in [2.45, 2.75) is 6.10 Å². The first-order valence-electron chi connectivity index (χ1n) is 4.44. The minimum atomic E-state index is -3.70. The van der Waals surface area contributed by atoms with Crippen LogP contribution in [-0.2, 0) is 19.1 Å². The Morgan fingerprint density at radius 2 is 1.94 bits per heavy atom. The van der Waals surface area contributed by atoms with E-state index >= 15 is 0 Å². The predicted octanol–water partition coefficient (Wildman–Crippen LogP) is 0.911. The third-order valence-corrected chi connectivity index (χ3v) is 2.40. The highest BCUT2D eigenvalue weighted by atomic mass is 32.2. The van der Waals surface area contributed by atoms with Crippen molar-refractivity contribution in [3.8, 4) is 5.75 Å². The first-order valence-corrected chi connectivity index (χ1v) is 6.26. The van der Waals surface area contributed by atoms with E-state index in [-0.39, 0.29) is 0 Å². The minimum absolute atomic E-state index is 0.380. The molecule has 1 unspecified atom stereocenters. The third-order valence-electron chi connectivity index (χ3n) is 1.85. The van der Waals surface area contributed by atoms with Crippen molar-refractivity contribution < 1.29 is 22.1 Å². The number of carbonyl (C=O) groups is 1. The summed E-state index contributed by atoms with van der Waals surface area (Å²) in [6, 6.07) is 6.57. The molecule has 0 saturated heterocycles. The third kappa shape index (κ3) is 3.32. The maximum atomic E-state index is 11.0. The number of hydrogen-bond acceptors (Lipinski definition) is 5. The van der Waals surface area contributed by atoms with Crippen molar-refractivity contribution in [3.63, 3.8) is 0 Å². The number of benzene rings is 1. The fourth-order valence-corrected chi connectivity index (χ4v) is 1.76. The van der Waals surface area contributed by atoms with Crippen molar-refractivity contribution in [1.29, 1.82) is 0 Å². The summed E-state index contributed by atoms with van der Waals surface area (Å²) >= 11 is 0. The van der Waals surface area contributed by atoms with Gasteiger partial charge in [-0.25, -0.2) is 0 Å². The van der Waals surface area contributed by atoms with Crippen molar-refractivity contribution in [3.05, 3.63) is 29.8 Å². The molecule has 0 bridgehead atoms. The monoisotopic (exact) mass is 244 g/mol. The zero-order chi connectivity index (χ0) is 12.2. The van der Waals surface area contributed by atoms with E-state index in [4.69, 9.17) is 4.74 Å². The maximum Gasteiger partial charge on any atom is 0.265 e. The van der Waals surface area contributed by atoms with Gasteiger partial charge in [0.15, 0.2) is 12.4 Å². The summed E-state index contributed by atoms with van der Waals surface area (Å²) in [6.45, 7) is 0. The second kappa shape index (κ2) is 5.09. The SMILES string of the molecule is COc1ccccc1C(C=O)OS(C)(=O)=O. The van der Waals surface area contributed by atoms with Gasteiger partial charge in [0.2, 0.25) is 0 Å². The lowest BCUT2D eigenvalue weighted by Gasteiger charge is -2.13. The van der Waals surface area contributed by atoms with Crippen molar-refractivity contribution in [2.75, 3.05) is 13.4 Å². The molecule has 1 aromatic carbocycles. The first-order chi connectivity index (χ1) is 7.48. The molecule has 0 radical (unpaired) electrons. The second-order valence-electron chi connectivity index (χ2n) is 3.10. The van der Waals surface area contributed by atoms with Gasteiger partial charge in [0, 0.05) is 5.56 Å². The molecule has 0 spiro atoms. The van der Waals surface area contributed by atoms with E-state index < -0.39 is 16.2 Å². The fraction of sp³-hybridized carbons (Fsp3) is 0.300. The molecule has 0 saturated carbocycles. The van der Waals surface area contributed by atoms with Gasteiger partial charge in [-0.15, -0.1) is 0 Å². The quantitative estimate of drug-likeness (QED) is 0.569. The van der Waals surface area contributed by atoms with Crippen LogP contribution in [0.1, 0.15) is 11.7 Å². The van der Waals surface area contributed by atoms with Crippen LogP contribution in [-0.4, -0.2) is 28.1 Å². The van der Waals surface area contributed by atoms with E-state index in [0.29, 0.717) is 17.6 Å². The molecule has 5 nitrogen and oxygen atoms in total. The number of carbonyl (C=O) groups excluding carboxylic acids is 1. The molecule has 1 atom stereocenters. The molecule has 0 aliphatic rings. The molecule has 0 fully saturated rings. The van der Waals surface area contributed by atoms with Gasteiger partial charge in [0.05, 0.1) is 13.4 Å². The van der Waals surface area contributed by atoms with Crippen LogP contribution in [0.2, 0.25) is 0 Å². The normalized spacial score (nSPS) is 13.1. The van der Waals surface area contributed by atoms with Crippen LogP contribution in [0, 0.1) is 0 Å². The Kier molecular flexibility index (Phi) is 4.03. The molecule has 1 aromatic rings. The summed E-state index contributed by atoms with van der Waals surface area (Å²) in [7, 11) is -2.26. The van der Waals surface area contributed by atoms with Gasteiger partial charge in [0.1, 0.15) is 5.75 Å². The molecule has 0 aliphatic carbocycles. The van der Waals surface area contributed by atoms with Crippen molar-refractivity contribution in [2.24, 2.45) is 0 Å². The molecule has 0 N–H and O–H groups in total. The van der Waals surface area contributed by atoms with Crippen LogP contribution < -0.4 is 4.74 Å². The molecule has 1 rings (SSSR count). The van der Waals surface area contributed by atoms with Gasteiger partial charge in [-0.2, -0.15) is 8.42 Å². The van der Waals surface area contributed by atoms with Gasteiger partial charge in [0.25, 0.3) is 10.1 Å². The highest BCUT2D eigenvalue weighted by Crippen LogP contribution is 2.26. The van der Waals surface area contributed by atoms with E-state index in [0.717, 1.165) is 6.26 Å². The largest absolute Gasteiger partial charge is 0.496 e. The second-order valence-corrected chi connectivity index (χ2v) is 4.70. The van der Waals surface area contributed by atoms with Crippen LogP contribution >= 0.6 is 0 Å². The summed E-state index contributed by atoms with van der Waals surface area (Å²) < 4.78 is 31.6. The van der Waals surface area contributed by atoms with Gasteiger partial charge >= 0.3 is 0 Å². The van der Waals surface area contributed by atoms with E-state index in [1.807, 2.05) is 0 Å². The molecule has 0 aliphatic heterocycles. The Morgan fingerprint density at radius 1 is 1.31 bits per heavy atom. The maximum absolute atomic E-state index is 11.0. The van der Waals surface area contributed by atoms with Gasteiger partial charge in [-0.3, -0.25) is 4.18 Å². The molecule has 0 aromatic heterocycles. The molecular formula is C10H12O5S. The lowest BCUT2D eigenvalue weighted by Crippen LogP contribution is -2.12. The van der Waals surface area contributed by atoms with E-state index in [1.54, 1.807) is 24.3 Å². The molecular weight excluding hydrogens is 232 g/mol. The average molecular weight is 244 g/mol. The van der Waals surface area contributed by atoms with E-state index in [9.17, 15) is 13.2 Å². The van der Waals surface area contributed by atoms with Crippen LogP contribution in [0.4, 0.5) is 0 Å². The number of rotatable bonds is 5. The number of aldehydes is 1. The lowest BCUT2D eigenvalue weighted by molar-refractivity contribution is -0.113. The molecule has 0 amide bonds. The van der Waals surface area contributed by atoms with Crippen LogP contribution in [0.3, 0.4) is 0 Å². The standard InChI is InChI=1S/C10H12O5S/c1-14-9-6-4-3-5-8(9)10(7-11)15-16(2,12)13/h3-7,10H,1-2H3. The molecule has 16 heavy (non-hydrogen) atoms. The van der Waals surface area contributed by atoms with E-state index in [1.165, 1.54) is 7.11 Å². The average Bonchev–Trinajstić information content (AvgIpc) is 2.24. The Balaban J connectivity index is 3.08. The minimum Gasteiger partial charge on any atom is -0.496 e. The number of methoxy groups -OCH3 is 1. The van der Waals surface area contributed by atoms with E-state index in [2.05, 4.69) is 4.18 Å². The predicted molar refractivity (Wildman–Crippen MR) is 57.7 cm³/mol.